The summed E-state index contributed by atoms with van der Waals surface area (Å²) in [6.45, 7) is 6.56. The fourth-order valence-corrected chi connectivity index (χ4v) is 4.84. The molecule has 150 valence electrons. The van der Waals surface area contributed by atoms with Gasteiger partial charge in [-0.1, -0.05) is 35.9 Å². The summed E-state index contributed by atoms with van der Waals surface area (Å²) in [5.41, 5.74) is 5.04. The molecular formula is C22H19N5O2S. The molecule has 30 heavy (non-hydrogen) atoms. The van der Waals surface area contributed by atoms with Gasteiger partial charge in [0.15, 0.2) is 11.0 Å². The van der Waals surface area contributed by atoms with Crippen LogP contribution in [0.3, 0.4) is 0 Å². The summed E-state index contributed by atoms with van der Waals surface area (Å²) in [7, 11) is 0. The molecular weight excluding hydrogens is 398 g/mol. The molecule has 7 nitrogen and oxygen atoms in total. The molecule has 2 aromatic carbocycles. The van der Waals surface area contributed by atoms with Gasteiger partial charge in [0.1, 0.15) is 13.1 Å². The van der Waals surface area contributed by atoms with E-state index in [1.807, 2.05) is 24.3 Å². The van der Waals surface area contributed by atoms with Crippen molar-refractivity contribution < 1.29 is 4.79 Å². The van der Waals surface area contributed by atoms with Crippen molar-refractivity contribution in [2.45, 2.75) is 39.0 Å². The fraction of sp³-hybridized carbons (Fsp3) is 0.227. The number of nitrogens with zero attached hydrogens (tertiary/aromatic N) is 5. The smallest absolute Gasteiger partial charge is 0.275 e. The first-order valence-electron chi connectivity index (χ1n) is 9.63. The van der Waals surface area contributed by atoms with Gasteiger partial charge in [0, 0.05) is 10.9 Å². The molecule has 0 spiro atoms. The van der Waals surface area contributed by atoms with E-state index in [0.717, 1.165) is 39.5 Å². The van der Waals surface area contributed by atoms with Gasteiger partial charge in [-0.15, -0.1) is 0 Å². The second-order valence-electron chi connectivity index (χ2n) is 7.57. The zero-order chi connectivity index (χ0) is 21.0. The van der Waals surface area contributed by atoms with Crippen molar-refractivity contribution >= 4 is 27.6 Å². The maximum atomic E-state index is 13.1. The summed E-state index contributed by atoms with van der Waals surface area (Å²) in [4.78, 5) is 29.1. The van der Waals surface area contributed by atoms with Crippen molar-refractivity contribution in [2.24, 2.45) is 0 Å². The zero-order valence-electron chi connectivity index (χ0n) is 16.8. The van der Waals surface area contributed by atoms with Crippen LogP contribution in [0.1, 0.15) is 22.5 Å². The van der Waals surface area contributed by atoms with Gasteiger partial charge in [-0.25, -0.2) is 14.3 Å². The zero-order valence-corrected chi connectivity index (χ0v) is 17.7. The fourth-order valence-electron chi connectivity index (χ4n) is 4.09. The SMILES string of the molecule is Cc1cc(C)c(-c2nn(Cc3nc4n(n3)CC(=O)S4)c(=O)c3ccccc23)c(C)c1. The molecule has 0 aliphatic carbocycles. The monoisotopic (exact) mass is 417 g/mol. The van der Waals surface area contributed by atoms with Crippen molar-refractivity contribution in [3.8, 4) is 11.3 Å². The highest BCUT2D eigenvalue weighted by Gasteiger charge is 2.24. The van der Waals surface area contributed by atoms with Crippen LogP contribution in [0, 0.1) is 20.8 Å². The Bertz CT molecular complexity index is 1350. The van der Waals surface area contributed by atoms with E-state index in [1.54, 1.807) is 4.68 Å². The van der Waals surface area contributed by atoms with Gasteiger partial charge in [-0.05, 0) is 49.7 Å². The maximum Gasteiger partial charge on any atom is 0.275 e. The Morgan fingerprint density at radius 1 is 1.00 bits per heavy atom. The van der Waals surface area contributed by atoms with Gasteiger partial charge in [-0.2, -0.15) is 10.2 Å². The predicted molar refractivity (Wildman–Crippen MR) is 116 cm³/mol. The lowest BCUT2D eigenvalue weighted by Gasteiger charge is -2.15. The van der Waals surface area contributed by atoms with Crippen LogP contribution in [0.5, 0.6) is 0 Å². The van der Waals surface area contributed by atoms with Crippen molar-refractivity contribution in [2.75, 3.05) is 0 Å². The van der Waals surface area contributed by atoms with Crippen molar-refractivity contribution in [3.05, 3.63) is 69.3 Å². The maximum absolute atomic E-state index is 13.1. The highest BCUT2D eigenvalue weighted by molar-refractivity contribution is 8.13. The number of aromatic nitrogens is 5. The number of hydrogen-bond donors (Lipinski definition) is 0. The van der Waals surface area contributed by atoms with Crippen LogP contribution in [-0.2, 0) is 17.9 Å². The van der Waals surface area contributed by atoms with Crippen LogP contribution in [-0.4, -0.2) is 29.7 Å². The number of rotatable bonds is 3. The molecule has 1 aliphatic heterocycles. The van der Waals surface area contributed by atoms with E-state index >= 15 is 0 Å². The summed E-state index contributed by atoms with van der Waals surface area (Å²) < 4.78 is 3.00. The molecule has 0 bridgehead atoms. The average molecular weight is 417 g/mol. The molecule has 0 unspecified atom stereocenters. The first-order chi connectivity index (χ1) is 14.4. The first-order valence-corrected chi connectivity index (χ1v) is 10.4. The number of carbonyl (C=O) groups excluding carboxylic acids is 1. The topological polar surface area (TPSA) is 82.7 Å². The summed E-state index contributed by atoms with van der Waals surface area (Å²) in [5, 5.41) is 11.1. The number of hydrogen-bond acceptors (Lipinski definition) is 6. The van der Waals surface area contributed by atoms with Gasteiger partial charge in [0.25, 0.3) is 5.56 Å². The van der Waals surface area contributed by atoms with E-state index in [2.05, 4.69) is 43.0 Å². The summed E-state index contributed by atoms with van der Waals surface area (Å²) >= 11 is 1.08. The van der Waals surface area contributed by atoms with Crippen molar-refractivity contribution in [1.29, 1.82) is 0 Å². The Hall–Kier alpha value is -3.26. The summed E-state index contributed by atoms with van der Waals surface area (Å²) in [6.07, 6.45) is 0. The van der Waals surface area contributed by atoms with E-state index in [0.29, 0.717) is 16.4 Å². The lowest BCUT2D eigenvalue weighted by molar-refractivity contribution is -0.111. The number of benzene rings is 2. The van der Waals surface area contributed by atoms with E-state index in [9.17, 15) is 9.59 Å². The standard InChI is InChI=1S/C22H19N5O2S/c1-12-8-13(2)19(14(3)9-12)20-15-6-4-5-7-16(15)21(29)26(25-20)10-17-23-22-27(24-17)11-18(28)30-22/h4-9H,10-11H2,1-3H3. The quantitative estimate of drug-likeness (QED) is 0.509. The van der Waals surface area contributed by atoms with Gasteiger partial charge in [-0.3, -0.25) is 9.59 Å². The van der Waals surface area contributed by atoms with E-state index in [-0.39, 0.29) is 23.8 Å². The molecule has 0 N–H and O–H groups in total. The molecule has 8 heteroatoms. The highest BCUT2D eigenvalue weighted by atomic mass is 32.2. The van der Waals surface area contributed by atoms with Crippen molar-refractivity contribution in [3.63, 3.8) is 0 Å². The molecule has 5 rings (SSSR count). The third-order valence-electron chi connectivity index (χ3n) is 5.24. The minimum atomic E-state index is -0.185. The summed E-state index contributed by atoms with van der Waals surface area (Å²) in [6, 6.07) is 11.8. The Kier molecular flexibility index (Phi) is 4.32. The molecule has 2 aromatic heterocycles. The van der Waals surface area contributed by atoms with Gasteiger partial charge in [0.2, 0.25) is 5.12 Å². The lowest BCUT2D eigenvalue weighted by Crippen LogP contribution is -2.25. The lowest BCUT2D eigenvalue weighted by atomic mass is 9.94. The Balaban J connectivity index is 1.69. The molecule has 0 saturated carbocycles. The second-order valence-corrected chi connectivity index (χ2v) is 8.60. The van der Waals surface area contributed by atoms with Crippen LogP contribution < -0.4 is 5.56 Å². The van der Waals surface area contributed by atoms with E-state index in [4.69, 9.17) is 5.10 Å². The number of fused-ring (bicyclic) bond motifs is 2. The number of carbonyl (C=O) groups is 1. The third kappa shape index (κ3) is 3.04. The van der Waals surface area contributed by atoms with Crippen LogP contribution in [0.25, 0.3) is 22.0 Å². The van der Waals surface area contributed by atoms with E-state index < -0.39 is 0 Å². The molecule has 4 aromatic rings. The molecule has 0 saturated heterocycles. The minimum absolute atomic E-state index is 0.0187. The van der Waals surface area contributed by atoms with Crippen LogP contribution >= 0.6 is 11.8 Å². The van der Waals surface area contributed by atoms with Gasteiger partial charge >= 0.3 is 0 Å². The average Bonchev–Trinajstić information content (AvgIpc) is 3.21. The Labute approximate surface area is 176 Å². The Morgan fingerprint density at radius 2 is 1.70 bits per heavy atom. The molecule has 0 radical (unpaired) electrons. The molecule has 0 fully saturated rings. The molecule has 0 amide bonds. The van der Waals surface area contributed by atoms with Crippen molar-refractivity contribution in [1.82, 2.24) is 24.5 Å². The second kappa shape index (κ2) is 6.91. The molecule has 1 aliphatic rings. The Morgan fingerprint density at radius 3 is 2.40 bits per heavy atom. The van der Waals surface area contributed by atoms with Gasteiger partial charge < -0.3 is 0 Å². The van der Waals surface area contributed by atoms with E-state index in [1.165, 1.54) is 10.2 Å². The molecule has 3 heterocycles. The molecule has 0 atom stereocenters. The van der Waals surface area contributed by atoms with Crippen LogP contribution in [0.15, 0.2) is 46.3 Å². The van der Waals surface area contributed by atoms with Crippen LogP contribution in [0.4, 0.5) is 0 Å². The predicted octanol–water partition coefficient (Wildman–Crippen LogP) is 3.26. The number of thioether (sulfide) groups is 1. The highest BCUT2D eigenvalue weighted by Crippen LogP contribution is 2.31. The third-order valence-corrected chi connectivity index (χ3v) is 6.08. The van der Waals surface area contributed by atoms with Gasteiger partial charge in [0.05, 0.1) is 11.1 Å². The van der Waals surface area contributed by atoms with Crippen LogP contribution in [0.2, 0.25) is 0 Å². The normalized spacial score (nSPS) is 13.2. The largest absolute Gasteiger partial charge is 0.285 e. The summed E-state index contributed by atoms with van der Waals surface area (Å²) in [5.74, 6) is 0.471. The number of aryl methyl sites for hydroxylation is 3. The first kappa shape index (κ1) is 18.7. The minimum Gasteiger partial charge on any atom is -0.285 e.